The summed E-state index contributed by atoms with van der Waals surface area (Å²) in [5.41, 5.74) is 2.14. The predicted molar refractivity (Wildman–Crippen MR) is 76.3 cm³/mol. The average Bonchev–Trinajstić information content (AvgIpc) is 2.63. The smallest absolute Gasteiger partial charge is 0.124 e. The van der Waals surface area contributed by atoms with Gasteiger partial charge in [-0.05, 0) is 48.0 Å². The van der Waals surface area contributed by atoms with Crippen LogP contribution in [-0.4, -0.2) is 9.78 Å². The van der Waals surface area contributed by atoms with Crippen LogP contribution in [0.1, 0.15) is 18.3 Å². The molecule has 0 atom stereocenters. The molecule has 0 unspecified atom stereocenters. The van der Waals surface area contributed by atoms with Gasteiger partial charge in [0.2, 0.25) is 0 Å². The highest BCUT2D eigenvalue weighted by molar-refractivity contribution is 9.10. The summed E-state index contributed by atoms with van der Waals surface area (Å²) in [7, 11) is 0. The topological polar surface area (TPSA) is 17.8 Å². The zero-order valence-corrected chi connectivity index (χ0v) is 12.7. The highest BCUT2D eigenvalue weighted by Crippen LogP contribution is 2.29. The summed E-state index contributed by atoms with van der Waals surface area (Å²) in [6.45, 7) is 4.88. The van der Waals surface area contributed by atoms with Crippen molar-refractivity contribution in [1.29, 1.82) is 0 Å². The highest BCUT2D eigenvalue weighted by atomic mass is 79.9. The number of halogens is 2. The Morgan fingerprint density at radius 1 is 1.44 bits per heavy atom. The first kappa shape index (κ1) is 13.6. The van der Waals surface area contributed by atoms with Crippen molar-refractivity contribution in [2.24, 2.45) is 0 Å². The second kappa shape index (κ2) is 5.89. The molecule has 0 amide bonds. The second-order valence-corrected chi connectivity index (χ2v) is 5.75. The highest BCUT2D eigenvalue weighted by Gasteiger charge is 2.12. The molecule has 0 bridgehead atoms. The molecule has 0 aliphatic rings. The van der Waals surface area contributed by atoms with E-state index in [0.717, 1.165) is 33.1 Å². The predicted octanol–water partition coefficient (Wildman–Crippen LogP) is 4.41. The van der Waals surface area contributed by atoms with Gasteiger partial charge in [0.1, 0.15) is 5.82 Å². The molecule has 5 heteroatoms. The molecule has 1 heterocycles. The van der Waals surface area contributed by atoms with Crippen molar-refractivity contribution in [3.05, 3.63) is 45.9 Å². The van der Waals surface area contributed by atoms with Crippen LogP contribution in [-0.2, 0) is 12.3 Å². The summed E-state index contributed by atoms with van der Waals surface area (Å²) >= 11 is 5.17. The molecule has 0 saturated carbocycles. The molecule has 0 spiro atoms. The fourth-order valence-corrected chi connectivity index (χ4v) is 3.29. The minimum absolute atomic E-state index is 0.195. The van der Waals surface area contributed by atoms with Crippen molar-refractivity contribution < 1.29 is 4.39 Å². The Labute approximate surface area is 119 Å². The maximum absolute atomic E-state index is 13.1. The Kier molecular flexibility index (Phi) is 4.45. The second-order valence-electron chi connectivity index (χ2n) is 3.91. The molecule has 2 rings (SSSR count). The Balaban J connectivity index is 2.15. The SMILES string of the molecule is CCn1nc(C)c(Br)c1CSc1cccc(F)c1. The van der Waals surface area contributed by atoms with Gasteiger partial charge in [0.25, 0.3) is 0 Å². The Morgan fingerprint density at radius 2 is 2.22 bits per heavy atom. The van der Waals surface area contributed by atoms with Gasteiger partial charge in [0.05, 0.1) is 15.9 Å². The Bertz CT molecular complexity index is 554. The normalized spacial score (nSPS) is 10.9. The van der Waals surface area contributed by atoms with Crippen LogP contribution in [0.5, 0.6) is 0 Å². The summed E-state index contributed by atoms with van der Waals surface area (Å²) in [5.74, 6) is 0.581. The number of aryl methyl sites for hydroxylation is 2. The third-order valence-electron chi connectivity index (χ3n) is 2.62. The lowest BCUT2D eigenvalue weighted by atomic mass is 10.3. The average molecular weight is 329 g/mol. The quantitative estimate of drug-likeness (QED) is 0.774. The van der Waals surface area contributed by atoms with Crippen molar-refractivity contribution in [2.45, 2.75) is 31.0 Å². The van der Waals surface area contributed by atoms with Crippen LogP contribution in [0.4, 0.5) is 4.39 Å². The van der Waals surface area contributed by atoms with Crippen molar-refractivity contribution in [3.63, 3.8) is 0 Å². The largest absolute Gasteiger partial charge is 0.268 e. The van der Waals surface area contributed by atoms with E-state index in [0.29, 0.717) is 0 Å². The third-order valence-corrected chi connectivity index (χ3v) is 4.66. The Hall–Kier alpha value is -0.810. The molecule has 1 aromatic heterocycles. The Morgan fingerprint density at radius 3 is 2.89 bits per heavy atom. The van der Waals surface area contributed by atoms with Crippen LogP contribution in [0.15, 0.2) is 33.6 Å². The molecule has 1 aromatic carbocycles. The fourth-order valence-electron chi connectivity index (χ4n) is 1.72. The number of aromatic nitrogens is 2. The number of thioether (sulfide) groups is 1. The first-order valence-corrected chi connectivity index (χ1v) is 7.49. The molecule has 0 aliphatic carbocycles. The van der Waals surface area contributed by atoms with Gasteiger partial charge in [0.15, 0.2) is 0 Å². The van der Waals surface area contributed by atoms with Crippen LogP contribution in [0, 0.1) is 12.7 Å². The first-order valence-electron chi connectivity index (χ1n) is 5.72. The maximum atomic E-state index is 13.1. The van der Waals surface area contributed by atoms with E-state index in [2.05, 4.69) is 28.0 Å². The van der Waals surface area contributed by atoms with Gasteiger partial charge in [-0.2, -0.15) is 5.10 Å². The van der Waals surface area contributed by atoms with E-state index in [-0.39, 0.29) is 5.82 Å². The van der Waals surface area contributed by atoms with E-state index in [1.807, 2.05) is 17.7 Å². The van der Waals surface area contributed by atoms with Crippen molar-refractivity contribution >= 4 is 27.7 Å². The summed E-state index contributed by atoms with van der Waals surface area (Å²) in [5, 5.41) is 4.44. The molecule has 0 fully saturated rings. The number of hydrogen-bond donors (Lipinski definition) is 0. The van der Waals surface area contributed by atoms with Gasteiger partial charge >= 0.3 is 0 Å². The van der Waals surface area contributed by atoms with Gasteiger partial charge < -0.3 is 0 Å². The molecule has 18 heavy (non-hydrogen) atoms. The molecular formula is C13H14BrFN2S. The molecule has 0 N–H and O–H groups in total. The lowest BCUT2D eigenvalue weighted by molar-refractivity contribution is 0.624. The zero-order valence-electron chi connectivity index (χ0n) is 10.3. The summed E-state index contributed by atoms with van der Waals surface area (Å²) in [6, 6.07) is 6.66. The number of nitrogens with zero attached hydrogens (tertiary/aromatic N) is 2. The molecule has 2 nitrogen and oxygen atoms in total. The van der Waals surface area contributed by atoms with E-state index in [9.17, 15) is 4.39 Å². The standard InChI is InChI=1S/C13H14BrFN2S/c1-3-17-12(13(14)9(2)16-17)8-18-11-6-4-5-10(15)7-11/h4-7H,3,8H2,1-2H3. The van der Waals surface area contributed by atoms with Gasteiger partial charge in [-0.1, -0.05) is 6.07 Å². The lowest BCUT2D eigenvalue weighted by Gasteiger charge is -2.05. The summed E-state index contributed by atoms with van der Waals surface area (Å²) < 4.78 is 16.1. The monoisotopic (exact) mass is 328 g/mol. The molecule has 2 aromatic rings. The molecule has 0 saturated heterocycles. The third kappa shape index (κ3) is 2.95. The zero-order chi connectivity index (χ0) is 13.1. The molecule has 0 radical (unpaired) electrons. The number of hydrogen-bond acceptors (Lipinski definition) is 2. The molecular weight excluding hydrogens is 315 g/mol. The molecule has 96 valence electrons. The van der Waals surface area contributed by atoms with E-state index < -0.39 is 0 Å². The van der Waals surface area contributed by atoms with Crippen LogP contribution in [0.3, 0.4) is 0 Å². The van der Waals surface area contributed by atoms with Crippen LogP contribution in [0.25, 0.3) is 0 Å². The van der Waals surface area contributed by atoms with Crippen LogP contribution >= 0.6 is 27.7 Å². The minimum Gasteiger partial charge on any atom is -0.268 e. The van der Waals surface area contributed by atoms with Crippen molar-refractivity contribution in [1.82, 2.24) is 9.78 Å². The molecule has 0 aliphatic heterocycles. The fraction of sp³-hybridized carbons (Fsp3) is 0.308. The maximum Gasteiger partial charge on any atom is 0.124 e. The van der Waals surface area contributed by atoms with Gasteiger partial charge in [-0.15, -0.1) is 11.8 Å². The van der Waals surface area contributed by atoms with Crippen LogP contribution in [0.2, 0.25) is 0 Å². The first-order chi connectivity index (χ1) is 8.61. The minimum atomic E-state index is -0.195. The van der Waals surface area contributed by atoms with Crippen molar-refractivity contribution in [3.8, 4) is 0 Å². The van der Waals surface area contributed by atoms with Gasteiger partial charge in [0, 0.05) is 17.2 Å². The van der Waals surface area contributed by atoms with E-state index in [1.54, 1.807) is 23.9 Å². The van der Waals surface area contributed by atoms with E-state index in [4.69, 9.17) is 0 Å². The number of rotatable bonds is 4. The summed E-state index contributed by atoms with van der Waals surface area (Å²) in [4.78, 5) is 0.934. The lowest BCUT2D eigenvalue weighted by Crippen LogP contribution is -2.01. The summed E-state index contributed by atoms with van der Waals surface area (Å²) in [6.07, 6.45) is 0. The van der Waals surface area contributed by atoms with E-state index in [1.165, 1.54) is 6.07 Å². The van der Waals surface area contributed by atoms with E-state index >= 15 is 0 Å². The number of benzene rings is 1. The van der Waals surface area contributed by atoms with Crippen LogP contribution < -0.4 is 0 Å². The van der Waals surface area contributed by atoms with Gasteiger partial charge in [-0.25, -0.2) is 4.39 Å². The van der Waals surface area contributed by atoms with Crippen molar-refractivity contribution in [2.75, 3.05) is 0 Å². The van der Waals surface area contributed by atoms with Gasteiger partial charge in [-0.3, -0.25) is 4.68 Å².